The first-order chi connectivity index (χ1) is 23.2. The number of nitrogens with zero attached hydrogens (tertiary/aromatic N) is 2. The zero-order chi connectivity index (χ0) is 34.1. The van der Waals surface area contributed by atoms with Crippen LogP contribution in [0.3, 0.4) is 0 Å². The fourth-order valence-electron chi connectivity index (χ4n) is 6.45. The Hall–Kier alpha value is -4.67. The van der Waals surface area contributed by atoms with Crippen LogP contribution in [0.1, 0.15) is 42.5 Å². The molecule has 0 bridgehead atoms. The molecule has 0 amide bonds. The second-order valence-corrected chi connectivity index (χ2v) is 12.9. The zero-order valence-corrected chi connectivity index (χ0v) is 29.5. The normalized spacial score (nSPS) is 18.2. The van der Waals surface area contributed by atoms with Crippen molar-refractivity contribution in [3.05, 3.63) is 107 Å². The van der Waals surface area contributed by atoms with Crippen LogP contribution < -0.4 is 43.3 Å². The highest BCUT2D eigenvalue weighted by atomic mass is 35.5. The molecular formula is C37H37ClN2O7S. The lowest BCUT2D eigenvalue weighted by atomic mass is 9.77. The van der Waals surface area contributed by atoms with E-state index in [1.165, 1.54) is 11.3 Å². The summed E-state index contributed by atoms with van der Waals surface area (Å²) in [4.78, 5) is 20.2. The number of halogens is 1. The molecule has 9 nitrogen and oxygen atoms in total. The number of hydrogen-bond donors (Lipinski definition) is 0. The van der Waals surface area contributed by atoms with Gasteiger partial charge in [0.25, 0.3) is 5.56 Å². The van der Waals surface area contributed by atoms with Gasteiger partial charge in [-0.25, -0.2) is 4.99 Å². The molecule has 0 N–H and O–H groups in total. The van der Waals surface area contributed by atoms with Crippen molar-refractivity contribution in [1.82, 2.24) is 4.57 Å². The molecule has 48 heavy (non-hydrogen) atoms. The van der Waals surface area contributed by atoms with E-state index in [-0.39, 0.29) is 11.5 Å². The lowest BCUT2D eigenvalue weighted by Crippen LogP contribution is -2.40. The predicted molar refractivity (Wildman–Crippen MR) is 188 cm³/mol. The highest BCUT2D eigenvalue weighted by Gasteiger charge is 2.37. The van der Waals surface area contributed by atoms with Crippen molar-refractivity contribution in [3.63, 3.8) is 0 Å². The van der Waals surface area contributed by atoms with Crippen molar-refractivity contribution in [1.29, 1.82) is 0 Å². The number of thiazole rings is 1. The molecule has 0 saturated carbocycles. The van der Waals surface area contributed by atoms with Crippen molar-refractivity contribution in [2.24, 2.45) is 10.9 Å². The van der Waals surface area contributed by atoms with Crippen molar-refractivity contribution < 1.29 is 28.4 Å². The summed E-state index contributed by atoms with van der Waals surface area (Å²) in [7, 11) is 9.54. The van der Waals surface area contributed by atoms with Gasteiger partial charge in [-0.05, 0) is 95.1 Å². The molecule has 6 rings (SSSR count). The Bertz CT molecular complexity index is 2060. The van der Waals surface area contributed by atoms with E-state index in [9.17, 15) is 4.79 Å². The number of hydrogen-bond acceptors (Lipinski definition) is 9. The van der Waals surface area contributed by atoms with Gasteiger partial charge in [-0.2, -0.15) is 0 Å². The first kappa shape index (κ1) is 33.2. The summed E-state index contributed by atoms with van der Waals surface area (Å²) in [5.41, 5.74) is 5.39. The van der Waals surface area contributed by atoms with Gasteiger partial charge in [-0.1, -0.05) is 42.0 Å². The first-order valence-corrected chi connectivity index (χ1v) is 16.6. The molecule has 2 unspecified atom stereocenters. The quantitative estimate of drug-likeness (QED) is 0.200. The van der Waals surface area contributed by atoms with Crippen LogP contribution in [-0.2, 0) is 0 Å². The molecule has 1 aliphatic heterocycles. The van der Waals surface area contributed by atoms with Crippen LogP contribution in [0.15, 0.2) is 75.2 Å². The van der Waals surface area contributed by atoms with Crippen LogP contribution in [0, 0.1) is 5.92 Å². The van der Waals surface area contributed by atoms with E-state index in [0.29, 0.717) is 48.9 Å². The molecule has 2 heterocycles. The van der Waals surface area contributed by atoms with Crippen molar-refractivity contribution in [3.8, 4) is 34.5 Å². The highest BCUT2D eigenvalue weighted by Crippen LogP contribution is 2.48. The third kappa shape index (κ3) is 5.95. The van der Waals surface area contributed by atoms with E-state index >= 15 is 0 Å². The molecule has 2 atom stereocenters. The summed E-state index contributed by atoms with van der Waals surface area (Å²) in [6.45, 7) is 2.19. The Morgan fingerprint density at radius 2 is 1.35 bits per heavy atom. The van der Waals surface area contributed by atoms with Crippen LogP contribution >= 0.6 is 22.9 Å². The summed E-state index contributed by atoms with van der Waals surface area (Å²) in [5, 5.41) is 0.629. The topological polar surface area (TPSA) is 89.7 Å². The third-order valence-corrected chi connectivity index (χ3v) is 9.99. The summed E-state index contributed by atoms with van der Waals surface area (Å²) in [6, 6.07) is 14.6. The Morgan fingerprint density at radius 1 is 0.792 bits per heavy atom. The van der Waals surface area contributed by atoms with Gasteiger partial charge in [0.2, 0.25) is 11.5 Å². The number of aromatic nitrogens is 1. The Balaban J connectivity index is 1.64. The number of allylic oxidation sites excluding steroid dienone is 2. The smallest absolute Gasteiger partial charge is 0.271 e. The lowest BCUT2D eigenvalue weighted by molar-refractivity contribution is 0.323. The van der Waals surface area contributed by atoms with E-state index < -0.39 is 6.04 Å². The number of fused-ring (bicyclic) bond motifs is 1. The number of ether oxygens (including phenoxy) is 6. The fraction of sp³-hybridized carbons (Fsp3) is 0.297. The number of methoxy groups -OCH3 is 6. The first-order valence-electron chi connectivity index (χ1n) is 15.4. The van der Waals surface area contributed by atoms with Crippen molar-refractivity contribution in [2.75, 3.05) is 42.7 Å². The maximum Gasteiger partial charge on any atom is 0.271 e. The third-order valence-electron chi connectivity index (χ3n) is 8.75. The molecule has 1 aliphatic carbocycles. The maximum atomic E-state index is 14.3. The minimum Gasteiger partial charge on any atom is -0.493 e. The Morgan fingerprint density at radius 3 is 1.90 bits per heavy atom. The number of rotatable bonds is 9. The van der Waals surface area contributed by atoms with Crippen LogP contribution in [0.2, 0.25) is 5.02 Å². The average molecular weight is 689 g/mol. The second-order valence-electron chi connectivity index (χ2n) is 11.5. The molecule has 11 heteroatoms. The minimum atomic E-state index is -0.476. The molecule has 250 valence electrons. The molecule has 0 radical (unpaired) electrons. The van der Waals surface area contributed by atoms with Gasteiger partial charge in [0.15, 0.2) is 27.8 Å². The maximum absolute atomic E-state index is 14.3. The molecule has 0 saturated heterocycles. The van der Waals surface area contributed by atoms with Gasteiger partial charge < -0.3 is 28.4 Å². The van der Waals surface area contributed by atoms with Crippen LogP contribution in [0.25, 0.3) is 12.2 Å². The van der Waals surface area contributed by atoms with E-state index in [2.05, 4.69) is 13.0 Å². The number of benzene rings is 3. The van der Waals surface area contributed by atoms with Crippen LogP contribution in [0.4, 0.5) is 0 Å². The van der Waals surface area contributed by atoms with Gasteiger partial charge in [-0.3, -0.25) is 9.36 Å². The largest absolute Gasteiger partial charge is 0.493 e. The zero-order valence-electron chi connectivity index (χ0n) is 27.9. The van der Waals surface area contributed by atoms with Gasteiger partial charge >= 0.3 is 0 Å². The van der Waals surface area contributed by atoms with Gasteiger partial charge in [0.1, 0.15) is 0 Å². The van der Waals surface area contributed by atoms with E-state index in [1.54, 1.807) is 47.2 Å². The van der Waals surface area contributed by atoms with Crippen molar-refractivity contribution in [2.45, 2.75) is 25.8 Å². The minimum absolute atomic E-state index is 0.119. The van der Waals surface area contributed by atoms with Crippen molar-refractivity contribution >= 4 is 35.1 Å². The molecule has 4 aromatic rings. The summed E-state index contributed by atoms with van der Waals surface area (Å²) < 4.78 is 36.3. The molecule has 0 spiro atoms. The summed E-state index contributed by atoms with van der Waals surface area (Å²) >= 11 is 7.50. The van der Waals surface area contributed by atoms with Gasteiger partial charge in [0, 0.05) is 5.02 Å². The van der Waals surface area contributed by atoms with E-state index in [0.717, 1.165) is 46.4 Å². The molecule has 0 fully saturated rings. The molecule has 3 aromatic carbocycles. The van der Waals surface area contributed by atoms with Gasteiger partial charge in [-0.15, -0.1) is 0 Å². The Labute approximate surface area is 287 Å². The Kier molecular flexibility index (Phi) is 9.57. The van der Waals surface area contributed by atoms with Gasteiger partial charge in [0.05, 0.1) is 58.9 Å². The molecular weight excluding hydrogens is 652 g/mol. The predicted octanol–water partition coefficient (Wildman–Crippen LogP) is 6.43. The standard InChI is InChI=1S/C37H37ClN2O7S/c1-20-8-11-23(14-22-15-26(42-2)34(46-6)27(16-22)43-3)32-31(20)33(24-18-28(44-4)35(47-7)29(19-24)45-5)40-36(41)30(48-37(40)39-32)17-21-9-12-25(38)13-10-21/h9-10,12-20,33H,8,11H2,1-7H3/b23-14+,30-17?. The highest BCUT2D eigenvalue weighted by molar-refractivity contribution is 7.07. The summed E-state index contributed by atoms with van der Waals surface area (Å²) in [6.07, 6.45) is 5.65. The van der Waals surface area contributed by atoms with E-state index in [4.69, 9.17) is 45.0 Å². The average Bonchev–Trinajstić information content (AvgIpc) is 3.42. The lowest BCUT2D eigenvalue weighted by Gasteiger charge is -2.35. The second kappa shape index (κ2) is 13.8. The van der Waals surface area contributed by atoms with Crippen LogP contribution in [-0.4, -0.2) is 47.2 Å². The summed E-state index contributed by atoms with van der Waals surface area (Å²) in [5.74, 6) is 3.26. The fourth-order valence-corrected chi connectivity index (χ4v) is 7.58. The van der Waals surface area contributed by atoms with E-state index in [1.807, 2.05) is 54.6 Å². The van der Waals surface area contributed by atoms with Crippen LogP contribution in [0.5, 0.6) is 34.5 Å². The molecule has 2 aliphatic rings. The SMILES string of the molecule is COc1cc(/C=C2\CCC(C)C3=C2N=c2sc(=Cc4ccc(Cl)cc4)c(=O)n2C3c2cc(OC)c(OC)c(OC)c2)cc(OC)c1OC. The molecule has 1 aromatic heterocycles. The monoisotopic (exact) mass is 688 g/mol.